The number of carbonyl (C=O) groups excluding carboxylic acids is 1. The molecule has 4 aromatic rings. The van der Waals surface area contributed by atoms with E-state index in [0.29, 0.717) is 33.2 Å². The first-order valence-electron chi connectivity index (χ1n) is 9.55. The highest BCUT2D eigenvalue weighted by Gasteiger charge is 2.21. The largest absolute Gasteiger partial charge is 0.325 e. The average molecular weight is 467 g/mol. The van der Waals surface area contributed by atoms with Gasteiger partial charge < -0.3 is 5.32 Å². The van der Waals surface area contributed by atoms with Crippen LogP contribution in [0.25, 0.3) is 20.7 Å². The zero-order valence-corrected chi connectivity index (χ0v) is 19.2. The van der Waals surface area contributed by atoms with Gasteiger partial charge >= 0.3 is 0 Å². The summed E-state index contributed by atoms with van der Waals surface area (Å²) < 4.78 is 1.62. The number of anilines is 1. The van der Waals surface area contributed by atoms with Crippen molar-refractivity contribution < 1.29 is 4.79 Å². The standard InChI is InChI=1S/C22H18N4O2S3/c1-3-26-21(28)18-16(17-8-5-9-29-17)12-30-20(18)25-22(26)31-13(2)19(27)24-15-7-4-6-14(10-15)11-23/h4-10,12-13H,3H2,1-2H3,(H,24,27). The molecule has 6 nitrogen and oxygen atoms in total. The van der Waals surface area contributed by atoms with Gasteiger partial charge in [-0.05, 0) is 43.5 Å². The van der Waals surface area contributed by atoms with Crippen LogP contribution in [-0.4, -0.2) is 20.7 Å². The molecule has 1 amide bonds. The Morgan fingerprint density at radius 3 is 2.87 bits per heavy atom. The molecule has 1 unspecified atom stereocenters. The maximum absolute atomic E-state index is 13.3. The molecule has 3 heterocycles. The van der Waals surface area contributed by atoms with Gasteiger partial charge in [0.2, 0.25) is 5.91 Å². The molecule has 0 aliphatic carbocycles. The second-order valence-corrected chi connectivity index (χ2v) is 9.81. The molecular weight excluding hydrogens is 448 g/mol. The Hall–Kier alpha value is -2.93. The molecule has 0 fully saturated rings. The van der Waals surface area contributed by atoms with E-state index in [9.17, 15) is 9.59 Å². The number of hydrogen-bond acceptors (Lipinski definition) is 7. The molecule has 0 aliphatic heterocycles. The van der Waals surface area contributed by atoms with Crippen molar-refractivity contribution in [1.29, 1.82) is 5.26 Å². The van der Waals surface area contributed by atoms with Gasteiger partial charge in [-0.2, -0.15) is 5.26 Å². The van der Waals surface area contributed by atoms with Gasteiger partial charge in [0.15, 0.2) is 5.16 Å². The first kappa shape index (κ1) is 21.3. The Labute approximate surface area is 191 Å². The number of benzene rings is 1. The summed E-state index contributed by atoms with van der Waals surface area (Å²) in [5.41, 5.74) is 1.86. The highest BCUT2D eigenvalue weighted by atomic mass is 32.2. The number of nitriles is 1. The molecule has 0 radical (unpaired) electrons. The van der Waals surface area contributed by atoms with Gasteiger partial charge in [-0.15, -0.1) is 22.7 Å². The minimum atomic E-state index is -0.482. The molecular formula is C22H18N4O2S3. The fourth-order valence-electron chi connectivity index (χ4n) is 3.11. The molecule has 4 rings (SSSR count). The van der Waals surface area contributed by atoms with Crippen molar-refractivity contribution in [3.63, 3.8) is 0 Å². The Balaban J connectivity index is 1.62. The predicted molar refractivity (Wildman–Crippen MR) is 128 cm³/mol. The van der Waals surface area contributed by atoms with Gasteiger partial charge in [-0.1, -0.05) is 23.9 Å². The zero-order valence-electron chi connectivity index (χ0n) is 16.8. The number of fused-ring (bicyclic) bond motifs is 1. The van der Waals surface area contributed by atoms with E-state index in [4.69, 9.17) is 10.2 Å². The van der Waals surface area contributed by atoms with E-state index < -0.39 is 5.25 Å². The van der Waals surface area contributed by atoms with E-state index in [-0.39, 0.29) is 11.5 Å². The lowest BCUT2D eigenvalue weighted by molar-refractivity contribution is -0.115. The summed E-state index contributed by atoms with van der Waals surface area (Å²) in [4.78, 5) is 32.4. The van der Waals surface area contributed by atoms with Crippen molar-refractivity contribution in [3.05, 3.63) is 63.1 Å². The monoisotopic (exact) mass is 466 g/mol. The Kier molecular flexibility index (Phi) is 6.23. The third-order valence-electron chi connectivity index (χ3n) is 4.67. The van der Waals surface area contributed by atoms with Crippen LogP contribution in [0.4, 0.5) is 5.69 Å². The molecule has 1 atom stereocenters. The van der Waals surface area contributed by atoms with Crippen LogP contribution in [0.3, 0.4) is 0 Å². The minimum Gasteiger partial charge on any atom is -0.325 e. The maximum Gasteiger partial charge on any atom is 0.263 e. The normalized spacial score (nSPS) is 11.9. The highest BCUT2D eigenvalue weighted by molar-refractivity contribution is 8.00. The topological polar surface area (TPSA) is 87.8 Å². The number of nitrogens with one attached hydrogen (secondary N) is 1. The van der Waals surface area contributed by atoms with Crippen LogP contribution in [0.1, 0.15) is 19.4 Å². The van der Waals surface area contributed by atoms with Crippen molar-refractivity contribution in [1.82, 2.24) is 9.55 Å². The average Bonchev–Trinajstić information content (AvgIpc) is 3.44. The first-order valence-corrected chi connectivity index (χ1v) is 12.2. The molecule has 0 saturated heterocycles. The third-order valence-corrected chi connectivity index (χ3v) is 7.54. The number of hydrogen-bond donors (Lipinski definition) is 1. The number of amides is 1. The molecule has 3 aromatic heterocycles. The van der Waals surface area contributed by atoms with Gasteiger partial charge in [0.1, 0.15) is 4.83 Å². The Bertz CT molecular complexity index is 1350. The summed E-state index contributed by atoms with van der Waals surface area (Å²) in [5.74, 6) is -0.220. The van der Waals surface area contributed by atoms with Crippen LogP contribution in [0.5, 0.6) is 0 Å². The summed E-state index contributed by atoms with van der Waals surface area (Å²) in [6.45, 7) is 4.13. The summed E-state index contributed by atoms with van der Waals surface area (Å²) in [6.07, 6.45) is 0. The predicted octanol–water partition coefficient (Wildman–Crippen LogP) is 5.20. The van der Waals surface area contributed by atoms with Crippen molar-refractivity contribution in [2.45, 2.75) is 30.8 Å². The minimum absolute atomic E-state index is 0.0889. The van der Waals surface area contributed by atoms with Gasteiger partial charge in [0, 0.05) is 28.1 Å². The van der Waals surface area contributed by atoms with Crippen molar-refractivity contribution >= 4 is 56.2 Å². The number of thioether (sulfide) groups is 1. The second kappa shape index (κ2) is 9.06. The highest BCUT2D eigenvalue weighted by Crippen LogP contribution is 2.35. The number of rotatable bonds is 6. The van der Waals surface area contributed by atoms with Crippen LogP contribution in [0, 0.1) is 11.3 Å². The van der Waals surface area contributed by atoms with Crippen LogP contribution in [0.2, 0.25) is 0 Å². The van der Waals surface area contributed by atoms with E-state index in [1.165, 1.54) is 23.1 Å². The maximum atomic E-state index is 13.3. The van der Waals surface area contributed by atoms with Crippen LogP contribution in [-0.2, 0) is 11.3 Å². The van der Waals surface area contributed by atoms with E-state index in [0.717, 1.165) is 10.4 Å². The van der Waals surface area contributed by atoms with Crippen molar-refractivity contribution in [3.8, 4) is 16.5 Å². The zero-order chi connectivity index (χ0) is 22.0. The van der Waals surface area contributed by atoms with E-state index in [1.807, 2.05) is 29.8 Å². The lowest BCUT2D eigenvalue weighted by atomic mass is 10.2. The third kappa shape index (κ3) is 4.28. The SMILES string of the molecule is CCn1c(SC(C)C(=O)Nc2cccc(C#N)c2)nc2scc(-c3cccs3)c2c1=O. The van der Waals surface area contributed by atoms with Crippen molar-refractivity contribution in [2.75, 3.05) is 5.32 Å². The molecule has 31 heavy (non-hydrogen) atoms. The molecule has 0 spiro atoms. The number of nitrogens with zero attached hydrogens (tertiary/aromatic N) is 3. The molecule has 0 bridgehead atoms. The Morgan fingerprint density at radius 1 is 1.32 bits per heavy atom. The molecule has 1 N–H and O–H groups in total. The molecule has 0 saturated carbocycles. The molecule has 9 heteroatoms. The summed E-state index contributed by atoms with van der Waals surface area (Å²) >= 11 is 4.28. The number of carbonyl (C=O) groups is 1. The van der Waals surface area contributed by atoms with Crippen LogP contribution in [0.15, 0.2) is 57.1 Å². The van der Waals surface area contributed by atoms with Gasteiger partial charge in [0.05, 0.1) is 22.3 Å². The van der Waals surface area contributed by atoms with Gasteiger partial charge in [0.25, 0.3) is 5.56 Å². The van der Waals surface area contributed by atoms with E-state index >= 15 is 0 Å². The fraction of sp³-hybridized carbons (Fsp3) is 0.182. The van der Waals surface area contributed by atoms with Crippen molar-refractivity contribution in [2.24, 2.45) is 0 Å². The quantitative estimate of drug-likeness (QED) is 0.312. The van der Waals surface area contributed by atoms with E-state index in [1.54, 1.807) is 47.1 Å². The number of thiophene rings is 2. The lowest BCUT2D eigenvalue weighted by Crippen LogP contribution is -2.26. The van der Waals surface area contributed by atoms with E-state index in [2.05, 4.69) is 11.4 Å². The smallest absolute Gasteiger partial charge is 0.263 e. The summed E-state index contributed by atoms with van der Waals surface area (Å²) in [7, 11) is 0. The molecule has 1 aromatic carbocycles. The van der Waals surface area contributed by atoms with Gasteiger partial charge in [-0.3, -0.25) is 14.2 Å². The lowest BCUT2D eigenvalue weighted by Gasteiger charge is -2.15. The summed E-state index contributed by atoms with van der Waals surface area (Å²) in [6, 6.07) is 12.8. The molecule has 156 valence electrons. The fourth-order valence-corrected chi connectivity index (χ4v) is 5.88. The van der Waals surface area contributed by atoms with Crippen LogP contribution < -0.4 is 10.9 Å². The Morgan fingerprint density at radius 2 is 2.16 bits per heavy atom. The second-order valence-electron chi connectivity index (χ2n) is 6.69. The van der Waals surface area contributed by atoms with Crippen LogP contribution >= 0.6 is 34.4 Å². The van der Waals surface area contributed by atoms with Gasteiger partial charge in [-0.25, -0.2) is 4.98 Å². The first-order chi connectivity index (χ1) is 15.0. The molecule has 0 aliphatic rings. The number of aromatic nitrogens is 2. The summed E-state index contributed by atoms with van der Waals surface area (Å²) in [5, 5.41) is 16.5.